The van der Waals surface area contributed by atoms with Gasteiger partial charge in [-0.2, -0.15) is 5.26 Å². The maximum absolute atomic E-state index is 12.0. The second kappa shape index (κ2) is 5.77. The van der Waals surface area contributed by atoms with Crippen molar-refractivity contribution < 1.29 is 14.7 Å². The van der Waals surface area contributed by atoms with Gasteiger partial charge in [-0.05, 0) is 31.0 Å². The number of aryl methyl sites for hydroxylation is 2. The molecule has 0 saturated heterocycles. The van der Waals surface area contributed by atoms with Crippen LogP contribution >= 0.6 is 0 Å². The zero-order valence-corrected chi connectivity index (χ0v) is 11.8. The molecule has 1 aliphatic heterocycles. The zero-order valence-electron chi connectivity index (χ0n) is 11.8. The summed E-state index contributed by atoms with van der Waals surface area (Å²) in [5.41, 5.74) is 2.98. The fourth-order valence-corrected chi connectivity index (χ4v) is 2.16. The molecule has 0 bridgehead atoms. The summed E-state index contributed by atoms with van der Waals surface area (Å²) in [6.07, 6.45) is 1.20. The van der Waals surface area contributed by atoms with Gasteiger partial charge in [0.25, 0.3) is 11.8 Å². The van der Waals surface area contributed by atoms with Gasteiger partial charge in [0.2, 0.25) is 0 Å². The smallest absolute Gasteiger partial charge is 0.277 e. The lowest BCUT2D eigenvalue weighted by Crippen LogP contribution is -2.34. The van der Waals surface area contributed by atoms with Gasteiger partial charge in [-0.3, -0.25) is 14.5 Å². The van der Waals surface area contributed by atoms with Crippen LogP contribution in [0.4, 0.5) is 5.69 Å². The van der Waals surface area contributed by atoms with Gasteiger partial charge in [0.15, 0.2) is 0 Å². The molecule has 1 aliphatic rings. The fraction of sp³-hybridized carbons (Fsp3) is 0.267. The Balaban J connectivity index is 2.28. The molecule has 0 radical (unpaired) electrons. The Morgan fingerprint density at radius 2 is 2.00 bits per heavy atom. The molecule has 21 heavy (non-hydrogen) atoms. The number of aliphatic hydroxyl groups is 1. The Bertz CT molecular complexity index is 686. The predicted molar refractivity (Wildman–Crippen MR) is 76.1 cm³/mol. The van der Waals surface area contributed by atoms with Crippen molar-refractivity contribution in [3.05, 3.63) is 40.6 Å². The lowest BCUT2D eigenvalue weighted by atomic mass is 10.0. The molecule has 0 atom stereocenters. The van der Waals surface area contributed by atoms with Crippen molar-refractivity contribution in [3.63, 3.8) is 0 Å². The van der Waals surface area contributed by atoms with E-state index in [0.717, 1.165) is 16.0 Å². The van der Waals surface area contributed by atoms with Gasteiger partial charge < -0.3 is 10.4 Å². The monoisotopic (exact) mass is 285 g/mol. The number of hydrogen-bond acceptors (Lipinski definition) is 5. The highest BCUT2D eigenvalue weighted by atomic mass is 16.3. The van der Waals surface area contributed by atoms with Crippen LogP contribution in [0.5, 0.6) is 0 Å². The number of imide groups is 1. The molecule has 108 valence electrons. The molecule has 2 amide bonds. The van der Waals surface area contributed by atoms with E-state index in [1.54, 1.807) is 6.07 Å². The highest BCUT2D eigenvalue weighted by molar-refractivity contribution is 6.17. The van der Waals surface area contributed by atoms with Crippen LogP contribution in [-0.2, 0) is 9.59 Å². The second-order valence-electron chi connectivity index (χ2n) is 4.80. The summed E-state index contributed by atoms with van der Waals surface area (Å²) < 4.78 is 0. The number of nitrogens with zero attached hydrogens (tertiary/aromatic N) is 2. The average Bonchev–Trinajstić information content (AvgIpc) is 2.70. The molecule has 6 heteroatoms. The molecule has 0 unspecified atom stereocenters. The molecular weight excluding hydrogens is 270 g/mol. The van der Waals surface area contributed by atoms with Crippen LogP contribution in [-0.4, -0.2) is 35.0 Å². The number of amides is 2. The van der Waals surface area contributed by atoms with Crippen molar-refractivity contribution in [2.45, 2.75) is 13.8 Å². The van der Waals surface area contributed by atoms with Crippen LogP contribution in [0.1, 0.15) is 16.7 Å². The van der Waals surface area contributed by atoms with Gasteiger partial charge in [-0.15, -0.1) is 0 Å². The van der Waals surface area contributed by atoms with Gasteiger partial charge in [0.1, 0.15) is 5.70 Å². The summed E-state index contributed by atoms with van der Waals surface area (Å²) >= 11 is 0. The Labute approximate surface area is 122 Å². The van der Waals surface area contributed by atoms with Crippen molar-refractivity contribution in [1.29, 1.82) is 5.26 Å². The number of carbonyl (C=O) groups is 2. The Hall–Kier alpha value is -2.65. The summed E-state index contributed by atoms with van der Waals surface area (Å²) in [5, 5.41) is 20.8. The van der Waals surface area contributed by atoms with Crippen molar-refractivity contribution in [2.75, 3.05) is 18.5 Å². The third-order valence-electron chi connectivity index (χ3n) is 3.29. The molecular formula is C15H15N3O3. The summed E-state index contributed by atoms with van der Waals surface area (Å²) in [7, 11) is 0. The van der Waals surface area contributed by atoms with E-state index in [1.165, 1.54) is 6.08 Å². The molecule has 0 aliphatic carbocycles. The maximum atomic E-state index is 12.0. The van der Waals surface area contributed by atoms with E-state index >= 15 is 0 Å². The molecule has 0 saturated carbocycles. The Morgan fingerprint density at radius 3 is 2.62 bits per heavy atom. The number of anilines is 1. The van der Waals surface area contributed by atoms with Crippen LogP contribution in [0.25, 0.3) is 0 Å². The maximum Gasteiger partial charge on any atom is 0.277 e. The molecule has 1 heterocycles. The molecule has 0 spiro atoms. The minimum absolute atomic E-state index is 0.0321. The number of nitrogens with one attached hydrogen (secondary N) is 1. The molecule has 1 aromatic rings. The van der Waals surface area contributed by atoms with Crippen molar-refractivity contribution in [3.8, 4) is 6.07 Å². The molecule has 0 fully saturated rings. The number of β-amino-alcohol motifs (C(OH)–C–C–N with tert-alkyl or cyclic N) is 1. The van der Waals surface area contributed by atoms with E-state index in [2.05, 4.69) is 11.4 Å². The van der Waals surface area contributed by atoms with E-state index < -0.39 is 11.8 Å². The average molecular weight is 285 g/mol. The molecule has 2 rings (SSSR count). The zero-order chi connectivity index (χ0) is 15.6. The number of benzene rings is 1. The van der Waals surface area contributed by atoms with Crippen LogP contribution in [0.2, 0.25) is 0 Å². The SMILES string of the molecule is Cc1cc(C)c(NC2=CC(=O)N(CCO)C2=O)cc1C#N. The van der Waals surface area contributed by atoms with E-state index in [1.807, 2.05) is 19.9 Å². The first kappa shape index (κ1) is 14.8. The number of nitriles is 1. The second-order valence-corrected chi connectivity index (χ2v) is 4.80. The quantitative estimate of drug-likeness (QED) is 0.799. The fourth-order valence-electron chi connectivity index (χ4n) is 2.16. The standard InChI is InChI=1S/C15H15N3O3/c1-9-5-10(2)12(6-11(9)8-16)17-13-7-14(20)18(3-4-19)15(13)21/h5-7,17,19H,3-4H2,1-2H3. The number of hydrogen-bond donors (Lipinski definition) is 2. The van der Waals surface area contributed by atoms with E-state index in [4.69, 9.17) is 10.4 Å². The largest absolute Gasteiger partial charge is 0.395 e. The van der Waals surface area contributed by atoms with Crippen LogP contribution in [0, 0.1) is 25.2 Å². The van der Waals surface area contributed by atoms with Crippen LogP contribution < -0.4 is 5.32 Å². The minimum Gasteiger partial charge on any atom is -0.395 e. The van der Waals surface area contributed by atoms with Crippen molar-refractivity contribution in [1.82, 2.24) is 4.90 Å². The lowest BCUT2D eigenvalue weighted by molar-refractivity contribution is -0.137. The normalized spacial score (nSPS) is 14.2. The van der Waals surface area contributed by atoms with Gasteiger partial charge >= 0.3 is 0 Å². The van der Waals surface area contributed by atoms with Crippen molar-refractivity contribution >= 4 is 17.5 Å². The third kappa shape index (κ3) is 2.78. The highest BCUT2D eigenvalue weighted by Crippen LogP contribution is 2.23. The topological polar surface area (TPSA) is 93.4 Å². The van der Waals surface area contributed by atoms with Crippen molar-refractivity contribution in [2.24, 2.45) is 0 Å². The number of carbonyl (C=O) groups excluding carboxylic acids is 2. The summed E-state index contributed by atoms with van der Waals surface area (Å²) in [6, 6.07) is 5.57. The highest BCUT2D eigenvalue weighted by Gasteiger charge is 2.30. The van der Waals surface area contributed by atoms with Gasteiger partial charge in [0.05, 0.1) is 24.8 Å². The summed E-state index contributed by atoms with van der Waals surface area (Å²) in [4.78, 5) is 24.7. The van der Waals surface area contributed by atoms with Gasteiger partial charge in [-0.25, -0.2) is 0 Å². The third-order valence-corrected chi connectivity index (χ3v) is 3.29. The van der Waals surface area contributed by atoms with E-state index in [9.17, 15) is 9.59 Å². The van der Waals surface area contributed by atoms with E-state index in [-0.39, 0.29) is 18.8 Å². The Kier molecular flexibility index (Phi) is 4.05. The lowest BCUT2D eigenvalue weighted by Gasteiger charge is -2.15. The number of rotatable bonds is 4. The molecule has 0 aromatic heterocycles. The van der Waals surface area contributed by atoms with Crippen LogP contribution in [0.15, 0.2) is 23.9 Å². The van der Waals surface area contributed by atoms with E-state index in [0.29, 0.717) is 11.3 Å². The molecule has 2 N–H and O–H groups in total. The summed E-state index contributed by atoms with van der Waals surface area (Å²) in [6.45, 7) is 3.38. The predicted octanol–water partition coefficient (Wildman–Crippen LogP) is 0.832. The Morgan fingerprint density at radius 1 is 1.29 bits per heavy atom. The molecule has 1 aromatic carbocycles. The number of aliphatic hydroxyl groups excluding tert-OH is 1. The first-order chi connectivity index (χ1) is 9.97. The minimum atomic E-state index is -0.479. The first-order valence-electron chi connectivity index (χ1n) is 6.44. The first-order valence-corrected chi connectivity index (χ1v) is 6.44. The molecule has 6 nitrogen and oxygen atoms in total. The van der Waals surface area contributed by atoms with Crippen LogP contribution in [0.3, 0.4) is 0 Å². The summed E-state index contributed by atoms with van der Waals surface area (Å²) in [5.74, 6) is -0.936. The van der Waals surface area contributed by atoms with Gasteiger partial charge in [-0.1, -0.05) is 6.07 Å². The van der Waals surface area contributed by atoms with Gasteiger partial charge in [0, 0.05) is 11.8 Å².